The third-order valence-electron chi connectivity index (χ3n) is 4.13. The minimum atomic E-state index is -0.815. The molecule has 1 saturated carbocycles. The van der Waals surface area contributed by atoms with Crippen molar-refractivity contribution >= 4 is 22.9 Å². The van der Waals surface area contributed by atoms with Crippen LogP contribution in [-0.4, -0.2) is 32.6 Å². The molecule has 3 rings (SSSR count). The quantitative estimate of drug-likeness (QED) is 0.773. The van der Waals surface area contributed by atoms with E-state index in [0.29, 0.717) is 30.3 Å². The van der Waals surface area contributed by atoms with Gasteiger partial charge in [0.2, 0.25) is 5.91 Å². The zero-order chi connectivity index (χ0) is 15.7. The van der Waals surface area contributed by atoms with Crippen molar-refractivity contribution in [2.75, 3.05) is 0 Å². The van der Waals surface area contributed by atoms with E-state index in [2.05, 4.69) is 10.3 Å². The van der Waals surface area contributed by atoms with Crippen LogP contribution < -0.4 is 11.0 Å². The van der Waals surface area contributed by atoms with Gasteiger partial charge in [0.05, 0.1) is 17.0 Å². The molecular formula is C15H17N3O4. The normalized spacial score (nSPS) is 21.1. The molecule has 22 heavy (non-hydrogen) atoms. The average molecular weight is 303 g/mol. The molecule has 0 aliphatic heterocycles. The third kappa shape index (κ3) is 2.74. The number of aromatic nitrogens is 2. The number of benzene rings is 1. The van der Waals surface area contributed by atoms with E-state index in [9.17, 15) is 14.4 Å². The molecule has 0 radical (unpaired) electrons. The molecule has 1 aliphatic carbocycles. The number of carboxylic acid groups (broad SMARTS) is 1. The molecule has 1 aromatic heterocycles. The van der Waals surface area contributed by atoms with Crippen LogP contribution in [0.3, 0.4) is 0 Å². The summed E-state index contributed by atoms with van der Waals surface area (Å²) < 4.78 is 1.38. The van der Waals surface area contributed by atoms with Crippen LogP contribution in [0.1, 0.15) is 19.3 Å². The Morgan fingerprint density at radius 2 is 2.09 bits per heavy atom. The second kappa shape index (κ2) is 5.67. The monoisotopic (exact) mass is 303 g/mol. The van der Waals surface area contributed by atoms with Crippen molar-refractivity contribution in [3.05, 3.63) is 34.7 Å². The molecule has 7 nitrogen and oxygen atoms in total. The van der Waals surface area contributed by atoms with E-state index in [0.717, 1.165) is 0 Å². The number of para-hydroxylation sites is 2. The van der Waals surface area contributed by atoms with Crippen LogP contribution in [0.4, 0.5) is 0 Å². The van der Waals surface area contributed by atoms with Crippen molar-refractivity contribution in [2.45, 2.75) is 31.8 Å². The Bertz CT molecular complexity index is 776. The maximum absolute atomic E-state index is 12.1. The van der Waals surface area contributed by atoms with Gasteiger partial charge in [-0.05, 0) is 31.4 Å². The van der Waals surface area contributed by atoms with Crippen molar-refractivity contribution in [1.82, 2.24) is 14.9 Å². The van der Waals surface area contributed by atoms with Crippen molar-refractivity contribution in [2.24, 2.45) is 5.92 Å². The Hall–Kier alpha value is -2.57. The zero-order valence-electron chi connectivity index (χ0n) is 11.9. The summed E-state index contributed by atoms with van der Waals surface area (Å²) in [5.74, 6) is -1.48. The molecule has 1 fully saturated rings. The lowest BCUT2D eigenvalue weighted by molar-refractivity contribution is -0.141. The first kappa shape index (κ1) is 14.4. The van der Waals surface area contributed by atoms with E-state index >= 15 is 0 Å². The van der Waals surface area contributed by atoms with Crippen molar-refractivity contribution in [3.8, 4) is 0 Å². The summed E-state index contributed by atoms with van der Waals surface area (Å²) >= 11 is 0. The number of amides is 1. The molecule has 0 saturated heterocycles. The van der Waals surface area contributed by atoms with Gasteiger partial charge in [-0.1, -0.05) is 12.1 Å². The van der Waals surface area contributed by atoms with Crippen molar-refractivity contribution in [3.63, 3.8) is 0 Å². The third-order valence-corrected chi connectivity index (χ3v) is 4.13. The van der Waals surface area contributed by atoms with Crippen LogP contribution in [0.25, 0.3) is 11.0 Å². The molecular weight excluding hydrogens is 286 g/mol. The molecule has 7 heteroatoms. The lowest BCUT2D eigenvalue weighted by Gasteiger charge is -2.12. The average Bonchev–Trinajstić information content (AvgIpc) is 3.05. The summed E-state index contributed by atoms with van der Waals surface area (Å²) in [5, 5.41) is 11.8. The molecule has 0 spiro atoms. The minimum absolute atomic E-state index is 0.0723. The highest BCUT2D eigenvalue weighted by Crippen LogP contribution is 2.25. The Kier molecular flexibility index (Phi) is 3.70. The van der Waals surface area contributed by atoms with Crippen molar-refractivity contribution < 1.29 is 14.7 Å². The van der Waals surface area contributed by atoms with E-state index in [4.69, 9.17) is 5.11 Å². The zero-order valence-corrected chi connectivity index (χ0v) is 11.9. The van der Waals surface area contributed by atoms with Gasteiger partial charge in [0.25, 0.3) is 0 Å². The standard InChI is InChI=1S/C15H17N3O4/c19-13(16-10-6-5-9(7-10)14(20)21)8-18-12-4-2-1-3-11(12)17-15(18)22/h1-4,9-10H,5-8H2,(H,16,19)(H,17,22)(H,20,21)/t9-,10+/m1/s1. The molecule has 0 unspecified atom stereocenters. The van der Waals surface area contributed by atoms with Crippen LogP contribution in [-0.2, 0) is 16.1 Å². The van der Waals surface area contributed by atoms with E-state index in [1.807, 2.05) is 6.07 Å². The Morgan fingerprint density at radius 3 is 2.82 bits per heavy atom. The maximum atomic E-state index is 12.1. The van der Waals surface area contributed by atoms with Crippen LogP contribution in [0.15, 0.2) is 29.1 Å². The molecule has 2 atom stereocenters. The summed E-state index contributed by atoms with van der Waals surface area (Å²) in [6, 6.07) is 7.04. The van der Waals surface area contributed by atoms with Crippen LogP contribution in [0.2, 0.25) is 0 Å². The molecule has 3 N–H and O–H groups in total. The molecule has 116 valence electrons. The van der Waals surface area contributed by atoms with Gasteiger partial charge in [-0.15, -0.1) is 0 Å². The van der Waals surface area contributed by atoms with Crippen LogP contribution in [0.5, 0.6) is 0 Å². The van der Waals surface area contributed by atoms with E-state index in [1.54, 1.807) is 18.2 Å². The summed E-state index contributed by atoms with van der Waals surface area (Å²) in [7, 11) is 0. The van der Waals surface area contributed by atoms with E-state index in [-0.39, 0.29) is 30.1 Å². The lowest BCUT2D eigenvalue weighted by Crippen LogP contribution is -2.37. The van der Waals surface area contributed by atoms with Gasteiger partial charge in [0.1, 0.15) is 6.54 Å². The number of aromatic amines is 1. The second-order valence-electron chi connectivity index (χ2n) is 5.65. The van der Waals surface area contributed by atoms with Gasteiger partial charge < -0.3 is 15.4 Å². The highest BCUT2D eigenvalue weighted by molar-refractivity contribution is 5.80. The van der Waals surface area contributed by atoms with E-state index in [1.165, 1.54) is 4.57 Å². The lowest BCUT2D eigenvalue weighted by atomic mass is 10.1. The maximum Gasteiger partial charge on any atom is 0.326 e. The Balaban J connectivity index is 1.68. The van der Waals surface area contributed by atoms with Crippen molar-refractivity contribution in [1.29, 1.82) is 0 Å². The molecule has 1 aliphatic rings. The van der Waals surface area contributed by atoms with Crippen LogP contribution >= 0.6 is 0 Å². The first-order valence-electron chi connectivity index (χ1n) is 7.24. The fourth-order valence-corrected chi connectivity index (χ4v) is 3.02. The summed E-state index contributed by atoms with van der Waals surface area (Å²) in [4.78, 5) is 37.6. The minimum Gasteiger partial charge on any atom is -0.481 e. The number of carbonyl (C=O) groups excluding carboxylic acids is 1. The molecule has 1 heterocycles. The predicted molar refractivity (Wildman–Crippen MR) is 79.5 cm³/mol. The Labute approximate surface area is 125 Å². The van der Waals surface area contributed by atoms with Gasteiger partial charge in [0, 0.05) is 6.04 Å². The fourth-order valence-electron chi connectivity index (χ4n) is 3.02. The topological polar surface area (TPSA) is 104 Å². The highest BCUT2D eigenvalue weighted by Gasteiger charge is 2.30. The molecule has 1 amide bonds. The summed E-state index contributed by atoms with van der Waals surface area (Å²) in [5.41, 5.74) is 1.04. The number of hydrogen-bond acceptors (Lipinski definition) is 3. The highest BCUT2D eigenvalue weighted by atomic mass is 16.4. The van der Waals surface area contributed by atoms with E-state index < -0.39 is 5.97 Å². The smallest absolute Gasteiger partial charge is 0.326 e. The number of carboxylic acids is 1. The first-order valence-corrected chi connectivity index (χ1v) is 7.24. The number of carbonyl (C=O) groups is 2. The molecule has 1 aromatic carbocycles. The first-order chi connectivity index (χ1) is 10.5. The summed E-state index contributed by atoms with van der Waals surface area (Å²) in [6.45, 7) is -0.0723. The number of hydrogen-bond donors (Lipinski definition) is 3. The molecule has 2 aromatic rings. The number of nitrogens with zero attached hydrogens (tertiary/aromatic N) is 1. The van der Waals surface area contributed by atoms with Gasteiger partial charge in [-0.25, -0.2) is 4.79 Å². The molecule has 0 bridgehead atoms. The second-order valence-corrected chi connectivity index (χ2v) is 5.65. The van der Waals surface area contributed by atoms with Gasteiger partial charge in [-0.2, -0.15) is 0 Å². The van der Waals surface area contributed by atoms with Gasteiger partial charge >= 0.3 is 11.7 Å². The number of imidazole rings is 1. The number of rotatable bonds is 4. The summed E-state index contributed by atoms with van der Waals surface area (Å²) in [6.07, 6.45) is 1.68. The fraction of sp³-hybridized carbons (Fsp3) is 0.400. The predicted octanol–water partition coefficient (Wildman–Crippen LogP) is 0.699. The number of aliphatic carboxylic acids is 1. The van der Waals surface area contributed by atoms with Crippen LogP contribution in [0, 0.1) is 5.92 Å². The number of H-pyrrole nitrogens is 1. The number of fused-ring (bicyclic) bond motifs is 1. The largest absolute Gasteiger partial charge is 0.481 e. The SMILES string of the molecule is O=C(Cn1c(=O)[nH]c2ccccc21)N[C@H]1CC[C@@H](C(=O)O)C1. The van der Waals surface area contributed by atoms with Gasteiger partial charge in [-0.3, -0.25) is 14.2 Å². The van der Waals surface area contributed by atoms with Gasteiger partial charge in [0.15, 0.2) is 0 Å². The number of nitrogens with one attached hydrogen (secondary N) is 2. The Morgan fingerprint density at radius 1 is 1.32 bits per heavy atom.